The van der Waals surface area contributed by atoms with E-state index in [1.54, 1.807) is 0 Å². The second-order valence-corrected chi connectivity index (χ2v) is 4.51. The first-order chi connectivity index (χ1) is 8.50. The van der Waals surface area contributed by atoms with Gasteiger partial charge in [-0.15, -0.1) is 0 Å². The van der Waals surface area contributed by atoms with Gasteiger partial charge < -0.3 is 10.4 Å². The fourth-order valence-corrected chi connectivity index (χ4v) is 2.15. The smallest absolute Gasteiger partial charge is 0.342 e. The van der Waals surface area contributed by atoms with Crippen LogP contribution in [0.1, 0.15) is 16.8 Å². The molecular weight excluding hydrogens is 238 g/mol. The molecule has 1 aromatic rings. The van der Waals surface area contributed by atoms with Crippen molar-refractivity contribution in [2.45, 2.75) is 13.0 Å². The number of hydrogen-bond acceptors (Lipinski definition) is 4. The van der Waals surface area contributed by atoms with E-state index in [4.69, 9.17) is 5.11 Å². The fraction of sp³-hybridized carbons (Fsp3) is 0.545. The van der Waals surface area contributed by atoms with Gasteiger partial charge in [0.1, 0.15) is 5.56 Å². The summed E-state index contributed by atoms with van der Waals surface area (Å²) < 4.78 is 2.15. The first kappa shape index (κ1) is 12.6. The Morgan fingerprint density at radius 2 is 2.28 bits per heavy atom. The van der Waals surface area contributed by atoms with Crippen LogP contribution in [0.2, 0.25) is 0 Å². The average Bonchev–Trinajstić information content (AvgIpc) is 2.82. The second-order valence-electron chi connectivity index (χ2n) is 4.51. The third kappa shape index (κ3) is 2.21. The highest BCUT2D eigenvalue weighted by atomic mass is 16.4. The molecule has 7 nitrogen and oxygen atoms in total. The van der Waals surface area contributed by atoms with Crippen molar-refractivity contribution >= 4 is 5.97 Å². The minimum absolute atomic E-state index is 0.293. The quantitative estimate of drug-likeness (QED) is 0.710. The summed E-state index contributed by atoms with van der Waals surface area (Å²) >= 11 is 0. The van der Waals surface area contributed by atoms with Crippen LogP contribution in [-0.4, -0.2) is 33.3 Å². The van der Waals surface area contributed by atoms with Crippen LogP contribution >= 0.6 is 0 Å². The maximum atomic E-state index is 11.9. The van der Waals surface area contributed by atoms with Crippen molar-refractivity contribution in [3.63, 3.8) is 0 Å². The predicted molar refractivity (Wildman–Crippen MR) is 63.9 cm³/mol. The van der Waals surface area contributed by atoms with Crippen molar-refractivity contribution in [1.82, 2.24) is 14.5 Å². The van der Waals surface area contributed by atoms with E-state index in [1.807, 2.05) is 0 Å². The lowest BCUT2D eigenvalue weighted by Gasteiger charge is -2.12. The number of carboxylic acid groups (broad SMARTS) is 1. The van der Waals surface area contributed by atoms with Crippen LogP contribution in [-0.2, 0) is 13.6 Å². The van der Waals surface area contributed by atoms with Crippen LogP contribution in [0.5, 0.6) is 0 Å². The summed E-state index contributed by atoms with van der Waals surface area (Å²) in [6.07, 6.45) is 2.09. The SMILES string of the molecule is Cn1c(=O)c(C(=O)O)cn(CC2CCNC2)c1=O. The van der Waals surface area contributed by atoms with Crippen molar-refractivity contribution in [1.29, 1.82) is 0 Å². The zero-order valence-electron chi connectivity index (χ0n) is 10.0. The molecule has 1 aliphatic heterocycles. The van der Waals surface area contributed by atoms with E-state index in [-0.39, 0.29) is 5.56 Å². The Kier molecular flexibility index (Phi) is 3.33. The summed E-state index contributed by atoms with van der Waals surface area (Å²) in [6.45, 7) is 2.13. The van der Waals surface area contributed by atoms with Gasteiger partial charge in [-0.3, -0.25) is 13.9 Å². The van der Waals surface area contributed by atoms with Crippen molar-refractivity contribution < 1.29 is 9.90 Å². The number of aromatic nitrogens is 2. The summed E-state index contributed by atoms with van der Waals surface area (Å²) in [4.78, 5) is 34.4. The Hall–Kier alpha value is -1.89. The maximum absolute atomic E-state index is 11.9. The van der Waals surface area contributed by atoms with Gasteiger partial charge in [-0.1, -0.05) is 0 Å². The molecule has 0 amide bonds. The molecule has 1 fully saturated rings. The molecule has 0 aromatic carbocycles. The van der Waals surface area contributed by atoms with Crippen LogP contribution in [0, 0.1) is 5.92 Å². The number of nitrogens with one attached hydrogen (secondary N) is 1. The summed E-state index contributed by atoms with van der Waals surface area (Å²) in [6, 6.07) is 0. The Morgan fingerprint density at radius 3 is 2.83 bits per heavy atom. The van der Waals surface area contributed by atoms with Gasteiger partial charge in [-0.25, -0.2) is 9.59 Å². The van der Waals surface area contributed by atoms with Crippen molar-refractivity contribution in [3.05, 3.63) is 32.6 Å². The number of nitrogens with zero attached hydrogens (tertiary/aromatic N) is 2. The Balaban J connectivity index is 2.43. The summed E-state index contributed by atoms with van der Waals surface area (Å²) in [5.74, 6) is -1.02. The maximum Gasteiger partial charge on any atom is 0.342 e. The van der Waals surface area contributed by atoms with Crippen LogP contribution in [0.4, 0.5) is 0 Å². The molecule has 98 valence electrons. The summed E-state index contributed by atoms with van der Waals surface area (Å²) in [5, 5.41) is 12.1. The third-order valence-corrected chi connectivity index (χ3v) is 3.20. The summed E-state index contributed by atoms with van der Waals surface area (Å²) in [5.41, 5.74) is -1.62. The Bertz CT molecular complexity index is 581. The Morgan fingerprint density at radius 1 is 1.56 bits per heavy atom. The topological polar surface area (TPSA) is 93.3 Å². The van der Waals surface area contributed by atoms with Gasteiger partial charge in [-0.2, -0.15) is 0 Å². The molecule has 0 spiro atoms. The van der Waals surface area contributed by atoms with Crippen molar-refractivity contribution in [2.24, 2.45) is 13.0 Å². The number of carboxylic acids is 1. The monoisotopic (exact) mass is 253 g/mol. The van der Waals surface area contributed by atoms with Gasteiger partial charge >= 0.3 is 11.7 Å². The van der Waals surface area contributed by atoms with E-state index in [2.05, 4.69) is 5.32 Å². The molecule has 0 aliphatic carbocycles. The molecule has 0 radical (unpaired) electrons. The van der Waals surface area contributed by atoms with Gasteiger partial charge in [0.15, 0.2) is 0 Å². The van der Waals surface area contributed by atoms with E-state index in [1.165, 1.54) is 11.6 Å². The van der Waals surface area contributed by atoms with Gasteiger partial charge in [-0.05, 0) is 25.4 Å². The highest BCUT2D eigenvalue weighted by molar-refractivity contribution is 5.86. The van der Waals surface area contributed by atoms with Gasteiger partial charge in [0.25, 0.3) is 5.56 Å². The van der Waals surface area contributed by atoms with Gasteiger partial charge in [0, 0.05) is 19.8 Å². The molecule has 1 saturated heterocycles. The molecule has 1 aromatic heterocycles. The van der Waals surface area contributed by atoms with Crippen LogP contribution in [0.15, 0.2) is 15.8 Å². The highest BCUT2D eigenvalue weighted by Crippen LogP contribution is 2.09. The van der Waals surface area contributed by atoms with Gasteiger partial charge in [0.2, 0.25) is 0 Å². The van der Waals surface area contributed by atoms with Crippen molar-refractivity contribution in [3.8, 4) is 0 Å². The van der Waals surface area contributed by atoms with Crippen LogP contribution in [0.25, 0.3) is 0 Å². The standard InChI is InChI=1S/C11H15N3O4/c1-13-9(15)8(10(16)17)6-14(11(13)18)5-7-2-3-12-4-7/h6-7,12H,2-5H2,1H3,(H,16,17). The van der Waals surface area contributed by atoms with E-state index in [9.17, 15) is 14.4 Å². The third-order valence-electron chi connectivity index (χ3n) is 3.20. The molecule has 7 heteroatoms. The van der Waals surface area contributed by atoms with E-state index in [0.717, 1.165) is 30.3 Å². The molecular formula is C11H15N3O4. The van der Waals surface area contributed by atoms with Gasteiger partial charge in [0.05, 0.1) is 0 Å². The van der Waals surface area contributed by atoms with Crippen molar-refractivity contribution in [2.75, 3.05) is 13.1 Å². The lowest BCUT2D eigenvalue weighted by molar-refractivity contribution is 0.0692. The molecule has 2 N–H and O–H groups in total. The molecule has 1 atom stereocenters. The predicted octanol–water partition coefficient (Wildman–Crippen LogP) is -1.15. The Labute approximate surface area is 103 Å². The van der Waals surface area contributed by atoms with E-state index < -0.39 is 17.2 Å². The molecule has 18 heavy (non-hydrogen) atoms. The number of aromatic carboxylic acids is 1. The molecule has 2 heterocycles. The highest BCUT2D eigenvalue weighted by Gasteiger charge is 2.19. The first-order valence-electron chi connectivity index (χ1n) is 5.75. The minimum Gasteiger partial charge on any atom is -0.477 e. The number of hydrogen-bond donors (Lipinski definition) is 2. The fourth-order valence-electron chi connectivity index (χ4n) is 2.15. The molecule has 1 aliphatic rings. The zero-order chi connectivity index (χ0) is 13.3. The summed E-state index contributed by atoms with van der Waals surface area (Å²) in [7, 11) is 1.29. The molecule has 2 rings (SSSR count). The lowest BCUT2D eigenvalue weighted by Crippen LogP contribution is -2.41. The minimum atomic E-state index is -1.31. The molecule has 1 unspecified atom stereocenters. The lowest BCUT2D eigenvalue weighted by atomic mass is 10.1. The van der Waals surface area contributed by atoms with E-state index >= 15 is 0 Å². The van der Waals surface area contributed by atoms with E-state index in [0.29, 0.717) is 12.5 Å². The second kappa shape index (κ2) is 4.77. The average molecular weight is 253 g/mol. The largest absolute Gasteiger partial charge is 0.477 e. The van der Waals surface area contributed by atoms with Crippen LogP contribution in [0.3, 0.4) is 0 Å². The number of carbonyl (C=O) groups is 1. The van der Waals surface area contributed by atoms with Crippen LogP contribution < -0.4 is 16.6 Å². The molecule has 0 bridgehead atoms. The molecule has 0 saturated carbocycles. The normalized spacial score (nSPS) is 19.1. The first-order valence-corrected chi connectivity index (χ1v) is 5.75. The zero-order valence-corrected chi connectivity index (χ0v) is 10.0. The number of rotatable bonds is 3.